The summed E-state index contributed by atoms with van der Waals surface area (Å²) in [7, 11) is 3.26. The van der Waals surface area contributed by atoms with Crippen LogP contribution in [-0.2, 0) is 24.5 Å². The van der Waals surface area contributed by atoms with Gasteiger partial charge in [-0.05, 0) is 66.1 Å². The van der Waals surface area contributed by atoms with E-state index in [2.05, 4.69) is 15.6 Å². The van der Waals surface area contributed by atoms with E-state index in [1.807, 2.05) is 0 Å². The number of halogens is 5. The Kier molecular flexibility index (Phi) is 11.0. The largest absolute Gasteiger partial charge is 0.386 e. The Balaban J connectivity index is 1.41. The first kappa shape index (κ1) is 41.2. The molecule has 10 nitrogen and oxygen atoms in total. The fourth-order valence-electron chi connectivity index (χ4n) is 10.5. The Morgan fingerprint density at radius 1 is 1.00 bits per heavy atom. The Bertz CT molecular complexity index is 2240. The molecule has 0 radical (unpaired) electrons. The Labute approximate surface area is 350 Å². The minimum Gasteiger partial charge on any atom is -0.386 e. The van der Waals surface area contributed by atoms with Crippen molar-refractivity contribution in [3.63, 3.8) is 0 Å². The average Bonchev–Trinajstić information content (AvgIpc) is 3.66. The molecule has 8 rings (SSSR count). The number of benzene rings is 3. The second-order valence-electron chi connectivity index (χ2n) is 16.5. The number of rotatable bonds is 10. The van der Waals surface area contributed by atoms with E-state index in [0.29, 0.717) is 35.2 Å². The SMILES string of the molecule is CN(C)C(=O)[C@@H]1CC[C@@H](NC(=O)[C@H]2[C@H](c3ccnc(Cl)c3F)C3(C(=O)Nc4cc(Cl)ccc43)C3(CC(CF)(CF)C3)N2[C@H](c2ccccc2)[C@@H](O)c2ccccc2)CO1. The van der Waals surface area contributed by atoms with E-state index in [9.17, 15) is 9.90 Å². The van der Waals surface area contributed by atoms with E-state index < -0.39 is 88.8 Å². The quantitative estimate of drug-likeness (QED) is 0.149. The number of aliphatic hydroxyl groups is 1. The number of amides is 3. The van der Waals surface area contributed by atoms with E-state index >= 15 is 22.8 Å². The minimum atomic E-state index is -1.93. The third kappa shape index (κ3) is 6.51. The van der Waals surface area contributed by atoms with Crippen molar-refractivity contribution < 1.29 is 37.4 Å². The highest BCUT2D eigenvalue weighted by atomic mass is 35.5. The number of hydrogen-bond acceptors (Lipinski definition) is 7. The lowest BCUT2D eigenvalue weighted by molar-refractivity contribution is -0.166. The van der Waals surface area contributed by atoms with Crippen LogP contribution in [0, 0.1) is 11.2 Å². The maximum absolute atomic E-state index is 16.9. The smallest absolute Gasteiger partial charge is 0.251 e. The van der Waals surface area contributed by atoms with Gasteiger partial charge >= 0.3 is 0 Å². The van der Waals surface area contributed by atoms with Gasteiger partial charge in [0.05, 0.1) is 44.2 Å². The molecule has 4 aliphatic rings. The van der Waals surface area contributed by atoms with Gasteiger partial charge in [0.25, 0.3) is 5.91 Å². The van der Waals surface area contributed by atoms with Crippen molar-refractivity contribution in [1.29, 1.82) is 0 Å². The zero-order valence-electron chi connectivity index (χ0n) is 32.4. The summed E-state index contributed by atoms with van der Waals surface area (Å²) in [5.41, 5.74) is -3.63. The number of fused-ring (bicyclic) bond motifs is 3. The molecular formula is C44H44Cl2F3N5O5. The topological polar surface area (TPSA) is 124 Å². The van der Waals surface area contributed by atoms with Gasteiger partial charge in [-0.15, -0.1) is 0 Å². The molecule has 2 saturated heterocycles. The van der Waals surface area contributed by atoms with Gasteiger partial charge in [0.2, 0.25) is 11.8 Å². The van der Waals surface area contributed by atoms with Gasteiger partial charge in [0.1, 0.15) is 11.5 Å². The molecule has 4 aromatic rings. The maximum atomic E-state index is 16.9. The number of pyridine rings is 1. The summed E-state index contributed by atoms with van der Waals surface area (Å²) in [4.78, 5) is 50.9. The van der Waals surface area contributed by atoms with Crippen molar-refractivity contribution in [2.75, 3.05) is 39.4 Å². The predicted octanol–water partition coefficient (Wildman–Crippen LogP) is 6.87. The summed E-state index contributed by atoms with van der Waals surface area (Å²) < 4.78 is 53.6. The molecule has 3 fully saturated rings. The summed E-state index contributed by atoms with van der Waals surface area (Å²) in [6.45, 7) is -2.18. The molecule has 59 heavy (non-hydrogen) atoms. The number of nitrogens with one attached hydrogen (secondary N) is 2. The molecule has 1 unspecified atom stereocenters. The maximum Gasteiger partial charge on any atom is 0.251 e. The van der Waals surface area contributed by atoms with E-state index in [0.717, 1.165) is 0 Å². The molecule has 3 aliphatic heterocycles. The van der Waals surface area contributed by atoms with Crippen LogP contribution in [0.2, 0.25) is 10.2 Å². The van der Waals surface area contributed by atoms with Crippen LogP contribution in [0.3, 0.4) is 0 Å². The van der Waals surface area contributed by atoms with Crippen LogP contribution in [-0.4, -0.2) is 95.4 Å². The Morgan fingerprint density at radius 3 is 2.27 bits per heavy atom. The van der Waals surface area contributed by atoms with Gasteiger partial charge in [-0.1, -0.05) is 89.9 Å². The zero-order valence-corrected chi connectivity index (χ0v) is 33.9. The molecular weight excluding hydrogens is 806 g/mol. The number of likely N-dealkylation sites (tertiary alicyclic amines) is 1. The second kappa shape index (κ2) is 15.8. The standard InChI is InChI=1S/C44H44Cl2F3N5O5/c1-53(2)40(57)32-16-14-28(20-59-32)51-39(56)36-33(29-17-18-50-38(46)34(29)49)44(30-15-13-27(45)19-31(30)52-41(44)58)43(21-42(22-43,23-47)24-48)54(36)35(25-9-5-3-6-10-25)37(55)26-11-7-4-8-12-26/h3-13,15,17-19,28,32-33,35-37,55H,14,16,20-24H2,1-2H3,(H,51,56)(H,52,58)/t28-,32+,33+,35-,36-,37+,44?/m1/s1. The van der Waals surface area contributed by atoms with Gasteiger partial charge in [0.15, 0.2) is 11.0 Å². The highest BCUT2D eigenvalue weighted by molar-refractivity contribution is 6.31. The second-order valence-corrected chi connectivity index (χ2v) is 17.3. The lowest BCUT2D eigenvalue weighted by atomic mass is 9.45. The van der Waals surface area contributed by atoms with E-state index in [1.165, 1.54) is 17.2 Å². The van der Waals surface area contributed by atoms with Crippen LogP contribution in [0.1, 0.15) is 66.0 Å². The monoisotopic (exact) mass is 849 g/mol. The number of anilines is 1. The molecule has 0 bridgehead atoms. The average molecular weight is 851 g/mol. The highest BCUT2D eigenvalue weighted by Gasteiger charge is 2.82. The molecule has 2 spiro atoms. The van der Waals surface area contributed by atoms with Crippen LogP contribution < -0.4 is 10.6 Å². The van der Waals surface area contributed by atoms with Gasteiger partial charge in [-0.25, -0.2) is 9.37 Å². The van der Waals surface area contributed by atoms with Gasteiger partial charge in [-0.3, -0.25) is 28.1 Å². The van der Waals surface area contributed by atoms with Crippen molar-refractivity contribution in [1.82, 2.24) is 20.1 Å². The summed E-state index contributed by atoms with van der Waals surface area (Å²) in [6, 6.07) is 20.5. The minimum absolute atomic E-state index is 0.0253. The normalized spacial score (nSPS) is 26.5. The fourth-order valence-corrected chi connectivity index (χ4v) is 10.9. The number of carbonyl (C=O) groups excluding carboxylic acids is 3. The number of nitrogens with zero attached hydrogens (tertiary/aromatic N) is 3. The molecule has 4 heterocycles. The molecule has 1 saturated carbocycles. The number of carbonyl (C=O) groups is 3. The number of alkyl halides is 2. The number of aliphatic hydroxyl groups excluding tert-OH is 1. The van der Waals surface area contributed by atoms with Gasteiger partial charge in [-0.2, -0.15) is 0 Å². The first-order chi connectivity index (χ1) is 28.3. The Morgan fingerprint density at radius 2 is 1.66 bits per heavy atom. The number of aromatic nitrogens is 1. The van der Waals surface area contributed by atoms with Crippen LogP contribution in [0.4, 0.5) is 18.9 Å². The van der Waals surface area contributed by atoms with Crippen LogP contribution in [0.15, 0.2) is 91.1 Å². The zero-order chi connectivity index (χ0) is 41.9. The summed E-state index contributed by atoms with van der Waals surface area (Å²) in [5.74, 6) is -3.91. The highest BCUT2D eigenvalue weighted by Crippen LogP contribution is 2.74. The molecule has 310 valence electrons. The molecule has 7 atom stereocenters. The third-order valence-electron chi connectivity index (χ3n) is 12.9. The first-order valence-electron chi connectivity index (χ1n) is 19.6. The van der Waals surface area contributed by atoms with Crippen LogP contribution >= 0.6 is 23.2 Å². The third-order valence-corrected chi connectivity index (χ3v) is 13.4. The number of hydrogen-bond donors (Lipinski definition) is 3. The molecule has 3 N–H and O–H groups in total. The summed E-state index contributed by atoms with van der Waals surface area (Å²) in [5, 5.41) is 18.6. The van der Waals surface area contributed by atoms with Crippen molar-refractivity contribution in [3.8, 4) is 0 Å². The molecule has 15 heteroatoms. The molecule has 3 amide bonds. The fraction of sp³-hybridized carbons (Fsp3) is 0.409. The summed E-state index contributed by atoms with van der Waals surface area (Å²) >= 11 is 12.9. The van der Waals surface area contributed by atoms with Crippen molar-refractivity contribution in [3.05, 3.63) is 129 Å². The van der Waals surface area contributed by atoms with Crippen molar-refractivity contribution in [2.24, 2.45) is 5.41 Å². The van der Waals surface area contributed by atoms with E-state index in [-0.39, 0.29) is 35.9 Å². The predicted molar refractivity (Wildman–Crippen MR) is 216 cm³/mol. The Hall–Kier alpha value is -4.53. The lowest BCUT2D eigenvalue weighted by Gasteiger charge is -2.63. The molecule has 3 aromatic carbocycles. The molecule has 1 aliphatic carbocycles. The first-order valence-corrected chi connectivity index (χ1v) is 20.3. The number of likely N-dealkylation sites (N-methyl/N-ethyl adjacent to an activating group) is 1. The van der Waals surface area contributed by atoms with E-state index in [1.54, 1.807) is 97.9 Å². The lowest BCUT2D eigenvalue weighted by Crippen LogP contribution is -2.72. The van der Waals surface area contributed by atoms with Crippen LogP contribution in [0.25, 0.3) is 0 Å². The summed E-state index contributed by atoms with van der Waals surface area (Å²) in [6.07, 6.45) is -0.734. The van der Waals surface area contributed by atoms with E-state index in [4.69, 9.17) is 27.9 Å². The van der Waals surface area contributed by atoms with Crippen molar-refractivity contribution >= 4 is 46.6 Å². The van der Waals surface area contributed by atoms with Gasteiger partial charge in [0, 0.05) is 47.9 Å². The number of ether oxygens (including phenoxy) is 1. The van der Waals surface area contributed by atoms with Crippen molar-refractivity contribution in [2.45, 2.75) is 72.9 Å². The molecule has 1 aromatic heterocycles. The van der Waals surface area contributed by atoms with Gasteiger partial charge < -0.3 is 25.4 Å². The van der Waals surface area contributed by atoms with Crippen LogP contribution in [0.5, 0.6) is 0 Å².